The van der Waals surface area contributed by atoms with Gasteiger partial charge < -0.3 is 19.2 Å². The number of hydrogen-bond donors (Lipinski definition) is 1. The van der Waals surface area contributed by atoms with E-state index >= 15 is 0 Å². The minimum Gasteiger partial charge on any atom is -0.493 e. The Balaban J connectivity index is 1.99. The number of furan rings is 1. The Kier molecular flexibility index (Phi) is 5.28. The zero-order valence-corrected chi connectivity index (χ0v) is 13.1. The number of benzene rings is 1. The van der Waals surface area contributed by atoms with Crippen LogP contribution in [0.2, 0.25) is 0 Å². The summed E-state index contributed by atoms with van der Waals surface area (Å²) in [5.74, 6) is 3.42. The molecule has 0 spiro atoms. The van der Waals surface area contributed by atoms with Crippen molar-refractivity contribution >= 4 is 0 Å². The second-order valence-corrected chi connectivity index (χ2v) is 4.97. The van der Waals surface area contributed by atoms with Crippen molar-refractivity contribution in [2.75, 3.05) is 13.7 Å². The van der Waals surface area contributed by atoms with E-state index in [1.54, 1.807) is 7.11 Å². The molecule has 4 heteroatoms. The molecule has 21 heavy (non-hydrogen) atoms. The lowest BCUT2D eigenvalue weighted by atomic mass is 10.1. The predicted molar refractivity (Wildman–Crippen MR) is 82.9 cm³/mol. The summed E-state index contributed by atoms with van der Waals surface area (Å²) in [5.41, 5.74) is 1.14. The van der Waals surface area contributed by atoms with Gasteiger partial charge in [0.25, 0.3) is 0 Å². The predicted octanol–water partition coefficient (Wildman–Crippen LogP) is 3.85. The molecule has 0 radical (unpaired) electrons. The molecule has 0 fully saturated rings. The lowest BCUT2D eigenvalue weighted by Gasteiger charge is -2.14. The van der Waals surface area contributed by atoms with Crippen molar-refractivity contribution in [3.8, 4) is 11.5 Å². The molecule has 2 rings (SSSR count). The van der Waals surface area contributed by atoms with E-state index in [9.17, 15) is 0 Å². The van der Waals surface area contributed by atoms with E-state index < -0.39 is 0 Å². The fourth-order valence-corrected chi connectivity index (χ4v) is 2.15. The van der Waals surface area contributed by atoms with Crippen molar-refractivity contribution < 1.29 is 13.9 Å². The van der Waals surface area contributed by atoms with Gasteiger partial charge in [-0.15, -0.1) is 0 Å². The van der Waals surface area contributed by atoms with Gasteiger partial charge in [-0.1, -0.05) is 6.07 Å². The number of methoxy groups -OCH3 is 1. The summed E-state index contributed by atoms with van der Waals surface area (Å²) in [5, 5.41) is 3.44. The molecule has 0 aliphatic rings. The van der Waals surface area contributed by atoms with E-state index in [2.05, 4.69) is 12.2 Å². The van der Waals surface area contributed by atoms with Crippen LogP contribution in [0.5, 0.6) is 11.5 Å². The first kappa shape index (κ1) is 15.4. The molecular formula is C17H23NO3. The third kappa shape index (κ3) is 4.02. The van der Waals surface area contributed by atoms with Gasteiger partial charge in [0.1, 0.15) is 11.5 Å². The fourth-order valence-electron chi connectivity index (χ4n) is 2.15. The molecule has 114 valence electrons. The van der Waals surface area contributed by atoms with Gasteiger partial charge >= 0.3 is 0 Å². The molecule has 4 nitrogen and oxygen atoms in total. The monoisotopic (exact) mass is 289 g/mol. The van der Waals surface area contributed by atoms with Crippen LogP contribution >= 0.6 is 0 Å². The summed E-state index contributed by atoms with van der Waals surface area (Å²) in [7, 11) is 1.66. The van der Waals surface area contributed by atoms with Gasteiger partial charge in [0, 0.05) is 6.54 Å². The van der Waals surface area contributed by atoms with E-state index in [-0.39, 0.29) is 6.04 Å². The highest BCUT2D eigenvalue weighted by Crippen LogP contribution is 2.28. The van der Waals surface area contributed by atoms with Crippen LogP contribution in [0.4, 0.5) is 0 Å². The van der Waals surface area contributed by atoms with Crippen LogP contribution in [0.25, 0.3) is 0 Å². The zero-order chi connectivity index (χ0) is 15.2. The molecule has 2 aromatic rings. The second-order valence-electron chi connectivity index (χ2n) is 4.97. The van der Waals surface area contributed by atoms with E-state index in [0.29, 0.717) is 6.61 Å². The number of ether oxygens (including phenoxy) is 2. The SMILES string of the molecule is CCOc1ccc(CNC(C)c2ccc(C)o2)cc1OC. The van der Waals surface area contributed by atoms with Crippen LogP contribution in [0.15, 0.2) is 34.7 Å². The first-order chi connectivity index (χ1) is 10.1. The Labute approximate surface area is 126 Å². The van der Waals surface area contributed by atoms with Gasteiger partial charge in [0.05, 0.1) is 19.8 Å². The van der Waals surface area contributed by atoms with E-state index in [0.717, 1.165) is 35.1 Å². The number of hydrogen-bond acceptors (Lipinski definition) is 4. The summed E-state index contributed by atoms with van der Waals surface area (Å²) in [6, 6.07) is 10.1. The van der Waals surface area contributed by atoms with Crippen LogP contribution in [0.1, 0.15) is 37.0 Å². The van der Waals surface area contributed by atoms with Crippen molar-refractivity contribution in [2.45, 2.75) is 33.4 Å². The average molecular weight is 289 g/mol. The van der Waals surface area contributed by atoms with Gasteiger partial charge in [-0.2, -0.15) is 0 Å². The maximum Gasteiger partial charge on any atom is 0.161 e. The Morgan fingerprint density at radius 1 is 1.19 bits per heavy atom. The van der Waals surface area contributed by atoms with Gasteiger partial charge in [-0.25, -0.2) is 0 Å². The van der Waals surface area contributed by atoms with Crippen LogP contribution < -0.4 is 14.8 Å². The molecule has 1 unspecified atom stereocenters. The Morgan fingerprint density at radius 3 is 2.62 bits per heavy atom. The topological polar surface area (TPSA) is 43.6 Å². The Morgan fingerprint density at radius 2 is 2.00 bits per heavy atom. The summed E-state index contributed by atoms with van der Waals surface area (Å²) in [4.78, 5) is 0. The summed E-state index contributed by atoms with van der Waals surface area (Å²) < 4.78 is 16.5. The molecule has 0 amide bonds. The normalized spacial score (nSPS) is 12.2. The van der Waals surface area contributed by atoms with Gasteiger partial charge in [-0.3, -0.25) is 0 Å². The Hall–Kier alpha value is -1.94. The number of nitrogens with one attached hydrogen (secondary N) is 1. The Bertz CT molecular complexity index is 577. The van der Waals surface area contributed by atoms with Crippen LogP contribution in [-0.4, -0.2) is 13.7 Å². The first-order valence-electron chi connectivity index (χ1n) is 7.23. The number of rotatable bonds is 7. The zero-order valence-electron chi connectivity index (χ0n) is 13.1. The molecular weight excluding hydrogens is 266 g/mol. The molecule has 1 aromatic heterocycles. The van der Waals surface area contributed by atoms with Crippen LogP contribution in [0, 0.1) is 6.92 Å². The minimum atomic E-state index is 0.163. The van der Waals surface area contributed by atoms with Crippen LogP contribution in [0.3, 0.4) is 0 Å². The summed E-state index contributed by atoms with van der Waals surface area (Å²) in [6.07, 6.45) is 0. The summed E-state index contributed by atoms with van der Waals surface area (Å²) >= 11 is 0. The first-order valence-corrected chi connectivity index (χ1v) is 7.23. The van der Waals surface area contributed by atoms with Crippen molar-refractivity contribution in [1.82, 2.24) is 5.32 Å². The smallest absolute Gasteiger partial charge is 0.161 e. The van der Waals surface area contributed by atoms with Crippen LogP contribution in [-0.2, 0) is 6.54 Å². The minimum absolute atomic E-state index is 0.163. The maximum absolute atomic E-state index is 5.62. The summed E-state index contributed by atoms with van der Waals surface area (Å²) in [6.45, 7) is 7.37. The lowest BCUT2D eigenvalue weighted by Crippen LogP contribution is -2.17. The largest absolute Gasteiger partial charge is 0.493 e. The highest BCUT2D eigenvalue weighted by Gasteiger charge is 2.10. The highest BCUT2D eigenvalue weighted by molar-refractivity contribution is 5.42. The maximum atomic E-state index is 5.62. The molecule has 0 aliphatic carbocycles. The molecule has 1 aromatic carbocycles. The average Bonchev–Trinajstić information content (AvgIpc) is 2.92. The molecule has 0 bridgehead atoms. The molecule has 0 aliphatic heterocycles. The third-order valence-electron chi connectivity index (χ3n) is 3.33. The van der Waals surface area contributed by atoms with E-state index in [1.165, 1.54) is 0 Å². The molecule has 0 saturated heterocycles. The third-order valence-corrected chi connectivity index (χ3v) is 3.33. The van der Waals surface area contributed by atoms with Gasteiger partial charge in [0.15, 0.2) is 11.5 Å². The van der Waals surface area contributed by atoms with Crippen molar-refractivity contribution in [3.63, 3.8) is 0 Å². The molecule has 1 atom stereocenters. The van der Waals surface area contributed by atoms with E-state index in [4.69, 9.17) is 13.9 Å². The van der Waals surface area contributed by atoms with E-state index in [1.807, 2.05) is 44.2 Å². The lowest BCUT2D eigenvalue weighted by molar-refractivity contribution is 0.310. The van der Waals surface area contributed by atoms with Gasteiger partial charge in [0.2, 0.25) is 0 Å². The molecule has 0 saturated carbocycles. The number of aryl methyl sites for hydroxylation is 1. The molecule has 1 heterocycles. The fraction of sp³-hybridized carbons (Fsp3) is 0.412. The van der Waals surface area contributed by atoms with Crippen molar-refractivity contribution in [1.29, 1.82) is 0 Å². The van der Waals surface area contributed by atoms with Crippen molar-refractivity contribution in [3.05, 3.63) is 47.4 Å². The van der Waals surface area contributed by atoms with Gasteiger partial charge in [-0.05, 0) is 50.6 Å². The quantitative estimate of drug-likeness (QED) is 0.841. The second kappa shape index (κ2) is 7.18. The van der Waals surface area contributed by atoms with Crippen molar-refractivity contribution in [2.24, 2.45) is 0 Å². The highest BCUT2D eigenvalue weighted by atomic mass is 16.5. The molecule has 1 N–H and O–H groups in total. The standard InChI is InChI=1S/C17H23NO3/c1-5-20-16-9-7-14(10-17(16)19-4)11-18-13(3)15-8-6-12(2)21-15/h6-10,13,18H,5,11H2,1-4H3.